The Morgan fingerprint density at radius 1 is 0.842 bits per heavy atom. The fourth-order valence-corrected chi connectivity index (χ4v) is 4.14. The van der Waals surface area contributed by atoms with Gasteiger partial charge in [0.05, 0.1) is 0 Å². The van der Waals surface area contributed by atoms with Crippen LogP contribution in [-0.4, -0.2) is 5.54 Å². The number of hydrogen-bond acceptors (Lipinski definition) is 1. The molecular formula is C18H37N. The molecule has 0 aromatic rings. The Bertz CT molecular complexity index is 214. The standard InChI is InChI=1S/C18H37N/c1-4-5-6-7-8-9-10-11-12-18(19)14-16(2)13-17(3)15-18/h16-17H,4-15,19H2,1-3H3. The van der Waals surface area contributed by atoms with Gasteiger partial charge in [0.1, 0.15) is 0 Å². The van der Waals surface area contributed by atoms with Gasteiger partial charge in [0.15, 0.2) is 0 Å². The molecule has 1 fully saturated rings. The van der Waals surface area contributed by atoms with Gasteiger partial charge in [-0.05, 0) is 37.5 Å². The first kappa shape index (κ1) is 17.0. The zero-order chi connectivity index (χ0) is 14.1. The third-order valence-electron chi connectivity index (χ3n) is 4.84. The van der Waals surface area contributed by atoms with Crippen LogP contribution in [0.4, 0.5) is 0 Å². The molecule has 1 rings (SSSR count). The number of unbranched alkanes of at least 4 members (excludes halogenated alkanes) is 7. The van der Waals surface area contributed by atoms with Crippen molar-refractivity contribution in [2.24, 2.45) is 17.6 Å². The lowest BCUT2D eigenvalue weighted by atomic mass is 9.70. The highest BCUT2D eigenvalue weighted by Gasteiger charge is 2.33. The molecule has 0 bridgehead atoms. The highest BCUT2D eigenvalue weighted by Crippen LogP contribution is 2.37. The average molecular weight is 268 g/mol. The number of nitrogens with two attached hydrogens (primary N) is 1. The molecule has 1 aliphatic rings. The van der Waals surface area contributed by atoms with E-state index in [1.807, 2.05) is 0 Å². The molecule has 2 N–H and O–H groups in total. The maximum Gasteiger partial charge on any atom is 0.0159 e. The molecule has 2 unspecified atom stereocenters. The van der Waals surface area contributed by atoms with Crippen LogP contribution in [0.25, 0.3) is 0 Å². The topological polar surface area (TPSA) is 26.0 Å². The summed E-state index contributed by atoms with van der Waals surface area (Å²) in [6.45, 7) is 7.04. The lowest BCUT2D eigenvalue weighted by Gasteiger charge is -2.40. The van der Waals surface area contributed by atoms with Crippen molar-refractivity contribution in [3.05, 3.63) is 0 Å². The second-order valence-electron chi connectivity index (χ2n) is 7.44. The van der Waals surface area contributed by atoms with Gasteiger partial charge >= 0.3 is 0 Å². The van der Waals surface area contributed by atoms with Crippen molar-refractivity contribution >= 4 is 0 Å². The molecule has 0 amide bonds. The van der Waals surface area contributed by atoms with Gasteiger partial charge in [-0.2, -0.15) is 0 Å². The molecule has 1 heteroatoms. The van der Waals surface area contributed by atoms with Gasteiger partial charge in [-0.1, -0.05) is 72.1 Å². The Balaban J connectivity index is 2.04. The molecular weight excluding hydrogens is 230 g/mol. The fraction of sp³-hybridized carbons (Fsp3) is 1.00. The highest BCUT2D eigenvalue weighted by atomic mass is 14.7. The summed E-state index contributed by atoms with van der Waals surface area (Å²) >= 11 is 0. The molecule has 1 nitrogen and oxygen atoms in total. The van der Waals surface area contributed by atoms with E-state index in [1.165, 1.54) is 77.0 Å². The Morgan fingerprint density at radius 2 is 1.32 bits per heavy atom. The molecule has 114 valence electrons. The molecule has 2 atom stereocenters. The highest BCUT2D eigenvalue weighted by molar-refractivity contribution is 4.91. The van der Waals surface area contributed by atoms with Gasteiger partial charge in [-0.25, -0.2) is 0 Å². The van der Waals surface area contributed by atoms with Crippen LogP contribution in [0.1, 0.15) is 97.8 Å². The normalized spacial score (nSPS) is 31.6. The molecule has 0 aliphatic heterocycles. The van der Waals surface area contributed by atoms with E-state index in [4.69, 9.17) is 5.73 Å². The van der Waals surface area contributed by atoms with Crippen molar-refractivity contribution in [1.29, 1.82) is 0 Å². The predicted molar refractivity (Wildman–Crippen MR) is 86.3 cm³/mol. The molecule has 0 radical (unpaired) electrons. The number of hydrogen-bond donors (Lipinski definition) is 1. The summed E-state index contributed by atoms with van der Waals surface area (Å²) in [5, 5.41) is 0. The summed E-state index contributed by atoms with van der Waals surface area (Å²) in [5.74, 6) is 1.67. The van der Waals surface area contributed by atoms with Gasteiger partial charge in [-0.3, -0.25) is 0 Å². The van der Waals surface area contributed by atoms with Crippen LogP contribution < -0.4 is 5.73 Å². The summed E-state index contributed by atoms with van der Waals surface area (Å²) in [6, 6.07) is 0. The second kappa shape index (κ2) is 9.00. The fourth-order valence-electron chi connectivity index (χ4n) is 4.14. The van der Waals surface area contributed by atoms with Crippen molar-refractivity contribution in [2.75, 3.05) is 0 Å². The van der Waals surface area contributed by atoms with Gasteiger partial charge in [-0.15, -0.1) is 0 Å². The minimum Gasteiger partial charge on any atom is -0.325 e. The molecule has 0 saturated heterocycles. The summed E-state index contributed by atoms with van der Waals surface area (Å²) in [4.78, 5) is 0. The number of rotatable bonds is 9. The van der Waals surface area contributed by atoms with Gasteiger partial charge in [0.25, 0.3) is 0 Å². The van der Waals surface area contributed by atoms with E-state index >= 15 is 0 Å². The molecule has 0 aromatic heterocycles. The zero-order valence-electron chi connectivity index (χ0n) is 13.7. The van der Waals surface area contributed by atoms with E-state index in [0.29, 0.717) is 0 Å². The lowest BCUT2D eigenvalue weighted by molar-refractivity contribution is 0.169. The van der Waals surface area contributed by atoms with E-state index < -0.39 is 0 Å². The SMILES string of the molecule is CCCCCCCCCCC1(N)CC(C)CC(C)C1. The van der Waals surface area contributed by atoms with Crippen molar-refractivity contribution in [1.82, 2.24) is 0 Å². The Labute approximate surface area is 121 Å². The second-order valence-corrected chi connectivity index (χ2v) is 7.44. The van der Waals surface area contributed by atoms with E-state index in [-0.39, 0.29) is 5.54 Å². The van der Waals surface area contributed by atoms with Gasteiger partial charge in [0, 0.05) is 5.54 Å². The van der Waals surface area contributed by atoms with Crippen molar-refractivity contribution in [3.8, 4) is 0 Å². The van der Waals surface area contributed by atoms with E-state index in [1.54, 1.807) is 0 Å². The molecule has 0 heterocycles. The van der Waals surface area contributed by atoms with E-state index in [2.05, 4.69) is 20.8 Å². The average Bonchev–Trinajstić information content (AvgIpc) is 2.30. The van der Waals surface area contributed by atoms with Crippen molar-refractivity contribution in [3.63, 3.8) is 0 Å². The van der Waals surface area contributed by atoms with Crippen molar-refractivity contribution < 1.29 is 0 Å². The van der Waals surface area contributed by atoms with Crippen LogP contribution in [0.5, 0.6) is 0 Å². The lowest BCUT2D eigenvalue weighted by Crippen LogP contribution is -2.46. The van der Waals surface area contributed by atoms with Gasteiger partial charge in [0.2, 0.25) is 0 Å². The van der Waals surface area contributed by atoms with E-state index in [9.17, 15) is 0 Å². The maximum atomic E-state index is 6.62. The monoisotopic (exact) mass is 267 g/mol. The molecule has 0 aromatic carbocycles. The maximum absolute atomic E-state index is 6.62. The predicted octanol–water partition coefficient (Wildman–Crippen LogP) is 5.67. The third-order valence-corrected chi connectivity index (χ3v) is 4.84. The van der Waals surface area contributed by atoms with Crippen LogP contribution >= 0.6 is 0 Å². The first-order chi connectivity index (χ1) is 9.06. The minimum absolute atomic E-state index is 0.166. The van der Waals surface area contributed by atoms with Crippen LogP contribution in [0.2, 0.25) is 0 Å². The molecule has 0 spiro atoms. The Hall–Kier alpha value is -0.0400. The smallest absolute Gasteiger partial charge is 0.0159 e. The summed E-state index contributed by atoms with van der Waals surface area (Å²) < 4.78 is 0. The van der Waals surface area contributed by atoms with Crippen LogP contribution in [-0.2, 0) is 0 Å². The molecule has 1 aliphatic carbocycles. The summed E-state index contributed by atoms with van der Waals surface area (Å²) in [6.07, 6.45) is 16.4. The molecule has 19 heavy (non-hydrogen) atoms. The quantitative estimate of drug-likeness (QED) is 0.535. The van der Waals surface area contributed by atoms with Gasteiger partial charge < -0.3 is 5.73 Å². The summed E-state index contributed by atoms with van der Waals surface area (Å²) in [5.41, 5.74) is 6.79. The van der Waals surface area contributed by atoms with Crippen LogP contribution in [0.3, 0.4) is 0 Å². The van der Waals surface area contributed by atoms with Crippen LogP contribution in [0.15, 0.2) is 0 Å². The Morgan fingerprint density at radius 3 is 1.84 bits per heavy atom. The zero-order valence-corrected chi connectivity index (χ0v) is 13.7. The molecule has 1 saturated carbocycles. The van der Waals surface area contributed by atoms with Crippen molar-refractivity contribution in [2.45, 2.75) is 103 Å². The minimum atomic E-state index is 0.166. The first-order valence-electron chi connectivity index (χ1n) is 8.84. The Kier molecular flexibility index (Phi) is 8.06. The van der Waals surface area contributed by atoms with Crippen LogP contribution in [0, 0.1) is 11.8 Å². The summed E-state index contributed by atoms with van der Waals surface area (Å²) in [7, 11) is 0. The first-order valence-corrected chi connectivity index (χ1v) is 8.84. The third kappa shape index (κ3) is 7.34. The van der Waals surface area contributed by atoms with E-state index in [0.717, 1.165) is 11.8 Å². The largest absolute Gasteiger partial charge is 0.325 e.